The summed E-state index contributed by atoms with van der Waals surface area (Å²) in [6.45, 7) is 15.8. The van der Waals surface area contributed by atoms with E-state index in [1.54, 1.807) is 11.0 Å². The predicted octanol–water partition coefficient (Wildman–Crippen LogP) is 5.54. The van der Waals surface area contributed by atoms with Gasteiger partial charge in [-0.3, -0.25) is 0 Å². The molecule has 1 saturated heterocycles. The molecule has 1 fully saturated rings. The number of benzene rings is 2. The van der Waals surface area contributed by atoms with E-state index in [-0.39, 0.29) is 46.1 Å². The van der Waals surface area contributed by atoms with Crippen LogP contribution in [0.3, 0.4) is 0 Å². The zero-order valence-corrected chi connectivity index (χ0v) is 26.0. The third-order valence-corrected chi connectivity index (χ3v) is 7.99. The summed E-state index contributed by atoms with van der Waals surface area (Å²) in [5.41, 5.74) is 1.06. The van der Waals surface area contributed by atoms with E-state index in [9.17, 15) is 9.90 Å². The molecule has 0 spiro atoms. The van der Waals surface area contributed by atoms with Crippen LogP contribution in [0.4, 0.5) is 14.9 Å². The highest BCUT2D eigenvalue weighted by atomic mass is 35.5. The minimum Gasteiger partial charge on any atom is -0.507 e. The molecule has 3 heterocycles. The normalized spacial score (nSPS) is 22.1. The summed E-state index contributed by atoms with van der Waals surface area (Å²) >= 11 is 6.90. The van der Waals surface area contributed by atoms with E-state index in [1.165, 1.54) is 18.2 Å². The first kappa shape index (κ1) is 30.0. The van der Waals surface area contributed by atoms with Crippen molar-refractivity contribution in [3.63, 3.8) is 0 Å². The van der Waals surface area contributed by atoms with Crippen molar-refractivity contribution in [2.24, 2.45) is 4.99 Å². The van der Waals surface area contributed by atoms with Gasteiger partial charge in [0.25, 0.3) is 0 Å². The van der Waals surface area contributed by atoms with Crippen LogP contribution in [-0.2, 0) is 4.74 Å². The fourth-order valence-corrected chi connectivity index (χ4v) is 6.23. The molecular weight excluding hydrogens is 561 g/mol. The number of aliphatic imine (C=N–C) groups is 1. The van der Waals surface area contributed by atoms with Crippen molar-refractivity contribution in [2.75, 3.05) is 45.2 Å². The van der Waals surface area contributed by atoms with Gasteiger partial charge in [-0.05, 0) is 66.9 Å². The molecule has 0 aromatic heterocycles. The lowest BCUT2D eigenvalue weighted by Crippen LogP contribution is -2.61. The summed E-state index contributed by atoms with van der Waals surface area (Å²) in [7, 11) is 3.96. The Morgan fingerprint density at radius 3 is 2.60 bits per heavy atom. The molecule has 3 aliphatic heterocycles. The van der Waals surface area contributed by atoms with Gasteiger partial charge in [-0.15, -0.1) is 0 Å². The summed E-state index contributed by atoms with van der Waals surface area (Å²) in [6, 6.07) is 5.52. The maximum Gasteiger partial charge on any atom is 0.410 e. The number of hydrogen-bond acceptors (Lipinski definition) is 8. The Morgan fingerprint density at radius 2 is 1.95 bits per heavy atom. The van der Waals surface area contributed by atoms with E-state index < -0.39 is 11.4 Å². The molecule has 3 atom stereocenters. The second-order valence-electron chi connectivity index (χ2n) is 12.5. The molecule has 3 aliphatic rings. The number of anilines is 1. The lowest BCUT2D eigenvalue weighted by Gasteiger charge is -2.48. The molecule has 1 N–H and O–H groups in total. The second kappa shape index (κ2) is 11.0. The minimum atomic E-state index is -0.608. The number of phenolic OH excluding ortho intramolecular Hbond substituents is 1. The van der Waals surface area contributed by atoms with Crippen LogP contribution < -0.4 is 9.64 Å². The molecule has 0 unspecified atom stereocenters. The molecule has 1 amide bonds. The number of piperazine rings is 1. The topological polar surface area (TPSA) is 81.1 Å². The van der Waals surface area contributed by atoms with Crippen molar-refractivity contribution >= 4 is 29.2 Å². The van der Waals surface area contributed by atoms with Crippen LogP contribution in [-0.4, -0.2) is 95.8 Å². The van der Waals surface area contributed by atoms with Crippen LogP contribution in [0.1, 0.15) is 40.2 Å². The number of ether oxygens (including phenoxy) is 2. The molecule has 226 valence electrons. The Kier molecular flexibility index (Phi) is 7.83. The summed E-state index contributed by atoms with van der Waals surface area (Å²) in [5, 5.41) is 10.9. The van der Waals surface area contributed by atoms with E-state index >= 15 is 4.39 Å². The molecule has 0 saturated carbocycles. The smallest absolute Gasteiger partial charge is 0.410 e. The molecule has 5 rings (SSSR count). The number of phenols is 1. The summed E-state index contributed by atoms with van der Waals surface area (Å²) in [6.07, 6.45) is -0.350. The average molecular weight is 600 g/mol. The number of amidine groups is 1. The quantitative estimate of drug-likeness (QED) is 0.496. The molecule has 2 aromatic rings. The van der Waals surface area contributed by atoms with Gasteiger partial charge in [0.15, 0.2) is 5.75 Å². The highest BCUT2D eigenvalue weighted by Gasteiger charge is 2.43. The van der Waals surface area contributed by atoms with Crippen LogP contribution in [0, 0.1) is 5.82 Å². The van der Waals surface area contributed by atoms with Crippen LogP contribution in [0.25, 0.3) is 11.1 Å². The molecule has 11 heteroatoms. The molecule has 9 nitrogen and oxygen atoms in total. The van der Waals surface area contributed by atoms with Crippen molar-refractivity contribution in [1.29, 1.82) is 0 Å². The third kappa shape index (κ3) is 5.38. The third-order valence-electron chi connectivity index (χ3n) is 7.69. The van der Waals surface area contributed by atoms with E-state index in [0.29, 0.717) is 49.3 Å². The van der Waals surface area contributed by atoms with Crippen LogP contribution in [0.2, 0.25) is 5.02 Å². The van der Waals surface area contributed by atoms with E-state index in [4.69, 9.17) is 26.1 Å². The zero-order valence-electron chi connectivity index (χ0n) is 25.2. The van der Waals surface area contributed by atoms with Crippen LogP contribution >= 0.6 is 11.6 Å². The first-order valence-electron chi connectivity index (χ1n) is 14.1. The van der Waals surface area contributed by atoms with E-state index in [1.807, 2.05) is 53.6 Å². The van der Waals surface area contributed by atoms with Crippen LogP contribution in [0.15, 0.2) is 41.7 Å². The average Bonchev–Trinajstić information content (AvgIpc) is 2.87. The molecule has 0 aliphatic carbocycles. The van der Waals surface area contributed by atoms with Gasteiger partial charge in [-0.2, -0.15) is 0 Å². The van der Waals surface area contributed by atoms with Crippen molar-refractivity contribution in [3.8, 4) is 22.6 Å². The van der Waals surface area contributed by atoms with E-state index in [0.717, 1.165) is 5.56 Å². The van der Waals surface area contributed by atoms with Gasteiger partial charge in [0, 0.05) is 37.3 Å². The Labute approximate surface area is 251 Å². The number of hydrogen-bond donors (Lipinski definition) is 1. The van der Waals surface area contributed by atoms with Gasteiger partial charge in [-0.25, -0.2) is 14.2 Å². The van der Waals surface area contributed by atoms with Crippen molar-refractivity contribution < 1.29 is 23.8 Å². The van der Waals surface area contributed by atoms with Gasteiger partial charge in [-0.1, -0.05) is 24.2 Å². The SMILES string of the molecule is C=C1N=C(N2C[C@@H](C)N(C(=O)OC(C)(C)C)C[C@@H]2C)c2cc(Cl)c(-c3c(O)cccc3F)c3c2N1[C@@H](CN(C)C)CO3. The van der Waals surface area contributed by atoms with Gasteiger partial charge in [0.05, 0.1) is 27.9 Å². The van der Waals surface area contributed by atoms with Crippen molar-refractivity contribution in [2.45, 2.75) is 58.3 Å². The molecule has 2 aromatic carbocycles. The fourth-order valence-electron chi connectivity index (χ4n) is 5.94. The lowest BCUT2D eigenvalue weighted by molar-refractivity contribution is 0.000476. The maximum atomic E-state index is 15.2. The minimum absolute atomic E-state index is 0.0195. The highest BCUT2D eigenvalue weighted by Crippen LogP contribution is 2.53. The number of carbonyl (C=O) groups excluding carboxylic acids is 1. The monoisotopic (exact) mass is 599 g/mol. The first-order valence-corrected chi connectivity index (χ1v) is 14.5. The Morgan fingerprint density at radius 1 is 1.24 bits per heavy atom. The molecule has 42 heavy (non-hydrogen) atoms. The fraction of sp³-hybridized carbons (Fsp3) is 0.484. The molecule has 0 radical (unpaired) electrons. The second-order valence-corrected chi connectivity index (χ2v) is 12.9. The summed E-state index contributed by atoms with van der Waals surface area (Å²) in [5.74, 6) is 0.700. The number of likely N-dealkylation sites (N-methyl/N-ethyl adjacent to an activating group) is 1. The maximum absolute atomic E-state index is 15.2. The highest BCUT2D eigenvalue weighted by molar-refractivity contribution is 6.35. The number of rotatable bonds is 3. The van der Waals surface area contributed by atoms with Crippen LogP contribution in [0.5, 0.6) is 11.5 Å². The summed E-state index contributed by atoms with van der Waals surface area (Å²) in [4.78, 5) is 26.0. The van der Waals surface area contributed by atoms with Crippen molar-refractivity contribution in [1.82, 2.24) is 14.7 Å². The first-order chi connectivity index (χ1) is 19.7. The number of nitrogens with zero attached hydrogens (tertiary/aromatic N) is 5. The Hall–Kier alpha value is -3.50. The standard InChI is InChI=1S/C31H39ClFN5O4/c1-17-14-37(30(40)42-31(4,5)6)18(2)13-36(17)29-21-12-22(32)25(26-23(33)10-9-11-24(26)39)28-27(21)38(19(3)34-29)20(16-41-28)15-35(7)8/h9-12,17-18,20,39H,3,13-16H2,1-2,4-8H3/t17-,18+,20-/m0/s1. The van der Waals surface area contributed by atoms with Gasteiger partial charge in [0.2, 0.25) is 0 Å². The number of carbonyl (C=O) groups is 1. The van der Waals surface area contributed by atoms with Crippen molar-refractivity contribution in [3.05, 3.63) is 53.1 Å². The van der Waals surface area contributed by atoms with Gasteiger partial charge < -0.3 is 34.2 Å². The Bertz CT molecular complexity index is 1440. The number of aromatic hydroxyl groups is 1. The number of amides is 1. The summed E-state index contributed by atoms with van der Waals surface area (Å²) < 4.78 is 27.2. The Balaban J connectivity index is 1.62. The van der Waals surface area contributed by atoms with Gasteiger partial charge in [0.1, 0.15) is 35.4 Å². The zero-order chi connectivity index (χ0) is 30.7. The van der Waals surface area contributed by atoms with Gasteiger partial charge >= 0.3 is 6.09 Å². The molecule has 0 bridgehead atoms. The largest absolute Gasteiger partial charge is 0.507 e. The predicted molar refractivity (Wildman–Crippen MR) is 163 cm³/mol. The number of halogens is 2. The molecular formula is C31H39ClFN5O4. The lowest BCUT2D eigenvalue weighted by atomic mass is 9.94. The van der Waals surface area contributed by atoms with E-state index in [2.05, 4.69) is 16.4 Å².